The highest BCUT2D eigenvalue weighted by Crippen LogP contribution is 2.04. The van der Waals surface area contributed by atoms with E-state index in [9.17, 15) is 4.79 Å². The van der Waals surface area contributed by atoms with Gasteiger partial charge >= 0.3 is 0 Å². The molecule has 0 amide bonds. The highest BCUT2D eigenvalue weighted by molar-refractivity contribution is 6.69. The van der Waals surface area contributed by atoms with Crippen LogP contribution in [0.2, 0.25) is 19.6 Å². The second-order valence-corrected chi connectivity index (χ2v) is 8.56. The number of carbonyl (C=O) groups is 1. The van der Waals surface area contributed by atoms with Crippen molar-refractivity contribution in [2.75, 3.05) is 6.61 Å². The van der Waals surface area contributed by atoms with Crippen molar-refractivity contribution < 1.29 is 13.6 Å². The van der Waals surface area contributed by atoms with Crippen molar-refractivity contribution in [1.29, 1.82) is 0 Å². The molecule has 0 N–H and O–H groups in total. The molecule has 0 rings (SSSR count). The van der Waals surface area contributed by atoms with Crippen molar-refractivity contribution in [2.24, 2.45) is 0 Å². The van der Waals surface area contributed by atoms with Gasteiger partial charge in [-0.05, 0) is 26.1 Å². The van der Waals surface area contributed by atoms with Crippen molar-refractivity contribution in [3.8, 4) is 0 Å². The average Bonchev–Trinajstić information content (AvgIpc) is 1.96. The van der Waals surface area contributed by atoms with Crippen LogP contribution < -0.4 is 0 Å². The topological polar surface area (TPSA) is 35.5 Å². The molecule has 0 unspecified atom stereocenters. The predicted octanol–water partition coefficient (Wildman–Crippen LogP) is 0.442. The molecule has 0 atom stereocenters. The largest absolute Gasteiger partial charge is 0.529 e. The van der Waals surface area contributed by atoms with Gasteiger partial charge in [0, 0.05) is 13.0 Å². The van der Waals surface area contributed by atoms with E-state index in [-0.39, 0.29) is 5.97 Å². The summed E-state index contributed by atoms with van der Waals surface area (Å²) in [6.45, 7) is 7.10. The van der Waals surface area contributed by atoms with E-state index in [0.717, 1.165) is 6.42 Å². The third kappa shape index (κ3) is 7.97. The van der Waals surface area contributed by atoms with Crippen LogP contribution in [-0.4, -0.2) is 31.4 Å². The predicted molar refractivity (Wildman–Crippen MR) is 54.6 cm³/mol. The van der Waals surface area contributed by atoms with E-state index in [1.54, 1.807) is 0 Å². The van der Waals surface area contributed by atoms with Gasteiger partial charge in [0.1, 0.15) is 0 Å². The molecule has 5 heteroatoms. The second kappa shape index (κ2) is 5.50. The van der Waals surface area contributed by atoms with E-state index < -0.39 is 8.32 Å². The molecule has 3 nitrogen and oxygen atoms in total. The van der Waals surface area contributed by atoms with Crippen LogP contribution in [0, 0.1) is 0 Å². The van der Waals surface area contributed by atoms with Gasteiger partial charge < -0.3 is 8.85 Å². The second-order valence-electron chi connectivity index (χ2n) is 3.64. The van der Waals surface area contributed by atoms with Gasteiger partial charge in [0.25, 0.3) is 5.97 Å². The van der Waals surface area contributed by atoms with E-state index in [1.165, 1.54) is 0 Å². The first kappa shape index (κ1) is 11.9. The first-order valence-corrected chi connectivity index (χ1v) is 8.39. The lowest BCUT2D eigenvalue weighted by atomic mass is 10.3. The van der Waals surface area contributed by atoms with Crippen molar-refractivity contribution >= 4 is 24.8 Å². The Kier molecular flexibility index (Phi) is 5.44. The Morgan fingerprint density at radius 3 is 2.42 bits per heavy atom. The minimum atomic E-state index is -1.38. The summed E-state index contributed by atoms with van der Waals surface area (Å²) in [5.74, 6) is -0.0964. The number of hydrogen-bond acceptors (Lipinski definition) is 3. The third-order valence-electron chi connectivity index (χ3n) is 1.29. The first-order valence-electron chi connectivity index (χ1n) is 4.16. The van der Waals surface area contributed by atoms with E-state index in [1.807, 2.05) is 0 Å². The van der Waals surface area contributed by atoms with Crippen LogP contribution in [0.4, 0.5) is 0 Å². The molecule has 0 spiro atoms. The third-order valence-corrected chi connectivity index (χ3v) is 2.81. The molecule has 0 fully saturated rings. The van der Waals surface area contributed by atoms with E-state index >= 15 is 0 Å². The smallest absolute Gasteiger partial charge is 0.291 e. The normalized spacial score (nSPS) is 11.6. The van der Waals surface area contributed by atoms with Gasteiger partial charge in [0.15, 0.2) is 8.32 Å². The lowest BCUT2D eigenvalue weighted by Gasteiger charge is -2.16. The van der Waals surface area contributed by atoms with Gasteiger partial charge in [-0.25, -0.2) is 0 Å². The quantitative estimate of drug-likeness (QED) is 0.484. The fourth-order valence-corrected chi connectivity index (χ4v) is 1.66. The Labute approximate surface area is 78.1 Å². The molecular formula is C7H18O3Si2. The molecule has 0 saturated heterocycles. The molecule has 0 aromatic rings. The Balaban J connectivity index is 3.28. The highest BCUT2D eigenvalue weighted by atomic mass is 28.4. The summed E-state index contributed by atoms with van der Waals surface area (Å²) in [6, 6.07) is 0. The number of carbonyl (C=O) groups excluding carboxylic acids is 1. The molecular weight excluding hydrogens is 188 g/mol. The highest BCUT2D eigenvalue weighted by Gasteiger charge is 2.13. The molecule has 0 bridgehead atoms. The standard InChI is InChI=1S/C7H18O3Si2/c1-12(2,3)9-6-4-5-7(8)10-11/h4-6H2,1-3,11H3. The van der Waals surface area contributed by atoms with E-state index in [0.29, 0.717) is 23.5 Å². The molecule has 12 heavy (non-hydrogen) atoms. The summed E-state index contributed by atoms with van der Waals surface area (Å²) in [5, 5.41) is 0. The van der Waals surface area contributed by atoms with Crippen LogP contribution >= 0.6 is 0 Å². The number of rotatable bonds is 5. The van der Waals surface area contributed by atoms with Gasteiger partial charge in [-0.2, -0.15) is 0 Å². The van der Waals surface area contributed by atoms with E-state index in [2.05, 4.69) is 24.1 Å². The Bertz CT molecular complexity index is 142. The molecule has 72 valence electrons. The van der Waals surface area contributed by atoms with Crippen LogP contribution in [0.15, 0.2) is 0 Å². The van der Waals surface area contributed by atoms with Crippen molar-refractivity contribution in [1.82, 2.24) is 0 Å². The maximum absolute atomic E-state index is 10.7. The Hall–Kier alpha value is -0.136. The van der Waals surface area contributed by atoms with Gasteiger partial charge in [0.2, 0.25) is 10.5 Å². The van der Waals surface area contributed by atoms with Crippen LogP contribution in [0.25, 0.3) is 0 Å². The molecule has 0 heterocycles. The summed E-state index contributed by atoms with van der Waals surface area (Å²) in [6.07, 6.45) is 1.28. The zero-order valence-electron chi connectivity index (χ0n) is 8.35. The lowest BCUT2D eigenvalue weighted by Crippen LogP contribution is -2.26. The fraction of sp³-hybridized carbons (Fsp3) is 0.857. The SMILES string of the molecule is C[Si](C)(C)OCCCC(=O)O[SiH3]. The average molecular weight is 206 g/mol. The zero-order valence-corrected chi connectivity index (χ0v) is 11.3. The van der Waals surface area contributed by atoms with Gasteiger partial charge in [-0.15, -0.1) is 0 Å². The zero-order chi connectivity index (χ0) is 9.61. The van der Waals surface area contributed by atoms with Crippen LogP contribution in [0.1, 0.15) is 12.8 Å². The Morgan fingerprint density at radius 1 is 1.42 bits per heavy atom. The maximum Gasteiger partial charge on any atom is 0.291 e. The van der Waals surface area contributed by atoms with Crippen LogP contribution in [0.3, 0.4) is 0 Å². The minimum absolute atomic E-state index is 0.0964. The van der Waals surface area contributed by atoms with Crippen LogP contribution in [0.5, 0.6) is 0 Å². The molecule has 0 aromatic heterocycles. The van der Waals surface area contributed by atoms with Crippen molar-refractivity contribution in [2.45, 2.75) is 32.5 Å². The van der Waals surface area contributed by atoms with Gasteiger partial charge in [-0.3, -0.25) is 4.79 Å². The summed E-state index contributed by atoms with van der Waals surface area (Å²) in [4.78, 5) is 10.7. The molecule has 0 aliphatic rings. The molecule has 0 aliphatic heterocycles. The molecule has 0 radical (unpaired) electrons. The summed E-state index contributed by atoms with van der Waals surface area (Å²) in [5.41, 5.74) is 0. The minimum Gasteiger partial charge on any atom is -0.529 e. The molecule has 0 saturated carbocycles. The lowest BCUT2D eigenvalue weighted by molar-refractivity contribution is -0.134. The number of hydrogen-bond donors (Lipinski definition) is 0. The van der Waals surface area contributed by atoms with Crippen molar-refractivity contribution in [3.63, 3.8) is 0 Å². The Morgan fingerprint density at radius 2 is 2.00 bits per heavy atom. The summed E-state index contributed by atoms with van der Waals surface area (Å²) in [7, 11) is -0.882. The van der Waals surface area contributed by atoms with Gasteiger partial charge in [-0.1, -0.05) is 0 Å². The fourth-order valence-electron chi connectivity index (χ4n) is 0.697. The monoisotopic (exact) mass is 206 g/mol. The first-order chi connectivity index (χ1) is 5.45. The molecule has 0 aromatic carbocycles. The summed E-state index contributed by atoms with van der Waals surface area (Å²) < 4.78 is 10.2. The van der Waals surface area contributed by atoms with Gasteiger partial charge in [0.05, 0.1) is 0 Å². The van der Waals surface area contributed by atoms with E-state index in [4.69, 9.17) is 4.43 Å². The van der Waals surface area contributed by atoms with Crippen molar-refractivity contribution in [3.05, 3.63) is 0 Å². The summed E-state index contributed by atoms with van der Waals surface area (Å²) >= 11 is 0. The molecule has 0 aliphatic carbocycles. The van der Waals surface area contributed by atoms with Crippen LogP contribution in [-0.2, 0) is 13.6 Å². The maximum atomic E-state index is 10.7.